The fourth-order valence-electron chi connectivity index (χ4n) is 2.89. The van der Waals surface area contributed by atoms with Crippen molar-refractivity contribution in [1.29, 1.82) is 0 Å². The molecule has 1 aliphatic carbocycles. The summed E-state index contributed by atoms with van der Waals surface area (Å²) in [6.45, 7) is 5.98. The van der Waals surface area contributed by atoms with Crippen molar-refractivity contribution in [2.75, 3.05) is 5.32 Å². The molecule has 1 N–H and O–H groups in total. The summed E-state index contributed by atoms with van der Waals surface area (Å²) in [6.07, 6.45) is 2.61. The lowest BCUT2D eigenvalue weighted by Gasteiger charge is -2.21. The van der Waals surface area contributed by atoms with Crippen LogP contribution in [0.25, 0.3) is 0 Å². The Balaban J connectivity index is 1.71. The number of hydrogen-bond donors (Lipinski definition) is 1. The van der Waals surface area contributed by atoms with Gasteiger partial charge in [0.1, 0.15) is 5.75 Å². The number of thiazole rings is 1. The average molecular weight is 330 g/mol. The molecule has 2 aromatic rings. The molecule has 0 saturated heterocycles. The van der Waals surface area contributed by atoms with Crippen LogP contribution in [0.4, 0.5) is 5.69 Å². The number of nitrogens with zero attached hydrogens (tertiary/aromatic N) is 1. The number of nitrogens with one attached hydrogen (secondary N) is 1. The molecule has 0 fully saturated rings. The van der Waals surface area contributed by atoms with Crippen molar-refractivity contribution in [2.45, 2.75) is 46.1 Å². The zero-order chi connectivity index (χ0) is 16.4. The highest BCUT2D eigenvalue weighted by Crippen LogP contribution is 2.31. The van der Waals surface area contributed by atoms with Gasteiger partial charge in [0.2, 0.25) is 5.91 Å². The molecule has 0 aliphatic heterocycles. The maximum atomic E-state index is 12.6. The molecule has 0 radical (unpaired) electrons. The van der Waals surface area contributed by atoms with Crippen LogP contribution in [0, 0.1) is 12.8 Å². The molecular weight excluding hydrogens is 308 g/mol. The number of ether oxygens (including phenoxy) is 1. The minimum absolute atomic E-state index is 0.00876. The Bertz CT molecular complexity index is 709. The second-order valence-electron chi connectivity index (χ2n) is 6.19. The number of hydrogen-bond acceptors (Lipinski definition) is 4. The summed E-state index contributed by atoms with van der Waals surface area (Å²) in [4.78, 5) is 18.4. The van der Waals surface area contributed by atoms with Gasteiger partial charge in [0.15, 0.2) is 0 Å². The van der Waals surface area contributed by atoms with Gasteiger partial charge in [0, 0.05) is 10.8 Å². The molecule has 1 heterocycles. The van der Waals surface area contributed by atoms with Gasteiger partial charge in [-0.1, -0.05) is 12.1 Å². The van der Waals surface area contributed by atoms with Crippen molar-refractivity contribution in [3.05, 3.63) is 39.8 Å². The Morgan fingerprint density at radius 2 is 2.17 bits per heavy atom. The van der Waals surface area contributed by atoms with Crippen LogP contribution in [0.3, 0.4) is 0 Å². The molecule has 0 spiro atoms. The molecule has 3 rings (SSSR count). The Hall–Kier alpha value is -1.88. The third-order valence-electron chi connectivity index (χ3n) is 3.92. The van der Waals surface area contributed by atoms with E-state index < -0.39 is 0 Å². The molecule has 4 nitrogen and oxygen atoms in total. The van der Waals surface area contributed by atoms with Crippen LogP contribution in [0.1, 0.15) is 35.8 Å². The van der Waals surface area contributed by atoms with Crippen LogP contribution in [-0.2, 0) is 17.6 Å². The van der Waals surface area contributed by atoms with E-state index in [-0.39, 0.29) is 17.9 Å². The monoisotopic (exact) mass is 330 g/mol. The summed E-state index contributed by atoms with van der Waals surface area (Å²) in [5, 5.41) is 4.13. The van der Waals surface area contributed by atoms with E-state index in [1.165, 1.54) is 10.6 Å². The maximum Gasteiger partial charge on any atom is 0.227 e. The van der Waals surface area contributed by atoms with Gasteiger partial charge in [-0.15, -0.1) is 11.3 Å². The van der Waals surface area contributed by atoms with Gasteiger partial charge in [-0.05, 0) is 52.2 Å². The van der Waals surface area contributed by atoms with E-state index in [4.69, 9.17) is 4.74 Å². The number of aryl methyl sites for hydroxylation is 2. The van der Waals surface area contributed by atoms with Crippen molar-refractivity contribution in [3.8, 4) is 5.75 Å². The van der Waals surface area contributed by atoms with E-state index in [1.807, 2.05) is 45.0 Å². The number of aromatic nitrogens is 1. The van der Waals surface area contributed by atoms with Gasteiger partial charge >= 0.3 is 0 Å². The highest BCUT2D eigenvalue weighted by molar-refractivity contribution is 7.11. The van der Waals surface area contributed by atoms with E-state index in [2.05, 4.69) is 10.3 Å². The molecule has 0 saturated carbocycles. The first kappa shape index (κ1) is 16.0. The molecule has 1 aliphatic rings. The highest BCUT2D eigenvalue weighted by atomic mass is 32.1. The lowest BCUT2D eigenvalue weighted by molar-refractivity contribution is -0.120. The number of anilines is 1. The fourth-order valence-corrected chi connectivity index (χ4v) is 3.95. The summed E-state index contributed by atoms with van der Waals surface area (Å²) in [5.41, 5.74) is 1.93. The van der Waals surface area contributed by atoms with Gasteiger partial charge in [0.25, 0.3) is 0 Å². The van der Waals surface area contributed by atoms with Crippen molar-refractivity contribution in [2.24, 2.45) is 5.92 Å². The van der Waals surface area contributed by atoms with Crippen molar-refractivity contribution in [1.82, 2.24) is 4.98 Å². The zero-order valence-corrected chi connectivity index (χ0v) is 14.6. The van der Waals surface area contributed by atoms with Crippen LogP contribution in [0.2, 0.25) is 0 Å². The quantitative estimate of drug-likeness (QED) is 0.922. The molecule has 122 valence electrons. The van der Waals surface area contributed by atoms with E-state index >= 15 is 0 Å². The molecule has 1 aromatic heterocycles. The van der Waals surface area contributed by atoms with Gasteiger partial charge in [-0.25, -0.2) is 4.98 Å². The number of carbonyl (C=O) groups excluding carboxylic acids is 1. The molecule has 1 unspecified atom stereocenters. The summed E-state index contributed by atoms with van der Waals surface area (Å²) in [7, 11) is 0. The van der Waals surface area contributed by atoms with Gasteiger partial charge in [-0.3, -0.25) is 4.79 Å². The number of amides is 1. The first-order chi connectivity index (χ1) is 11.0. The topological polar surface area (TPSA) is 51.2 Å². The normalized spacial score (nSPS) is 17.0. The van der Waals surface area contributed by atoms with Crippen LogP contribution < -0.4 is 10.1 Å². The molecule has 1 aromatic carbocycles. The lowest BCUT2D eigenvalue weighted by atomic mass is 9.90. The number of fused-ring (bicyclic) bond motifs is 1. The van der Waals surface area contributed by atoms with Crippen molar-refractivity contribution < 1.29 is 9.53 Å². The second-order valence-corrected chi connectivity index (χ2v) is 7.48. The average Bonchev–Trinajstić information content (AvgIpc) is 2.87. The number of rotatable bonds is 4. The Morgan fingerprint density at radius 1 is 1.39 bits per heavy atom. The predicted octanol–water partition coefficient (Wildman–Crippen LogP) is 3.98. The molecule has 5 heteroatoms. The Labute approximate surface area is 140 Å². The smallest absolute Gasteiger partial charge is 0.227 e. The molecule has 1 atom stereocenters. The van der Waals surface area contributed by atoms with Crippen LogP contribution in [0.5, 0.6) is 5.75 Å². The van der Waals surface area contributed by atoms with E-state index in [0.29, 0.717) is 0 Å². The Morgan fingerprint density at radius 3 is 2.96 bits per heavy atom. The van der Waals surface area contributed by atoms with Gasteiger partial charge in [-0.2, -0.15) is 0 Å². The molecule has 0 bridgehead atoms. The minimum Gasteiger partial charge on any atom is -0.489 e. The summed E-state index contributed by atoms with van der Waals surface area (Å²) in [6, 6.07) is 7.61. The third kappa shape index (κ3) is 3.72. The fraction of sp³-hybridized carbons (Fsp3) is 0.444. The zero-order valence-electron chi connectivity index (χ0n) is 13.8. The summed E-state index contributed by atoms with van der Waals surface area (Å²) >= 11 is 1.71. The van der Waals surface area contributed by atoms with Crippen LogP contribution in [-0.4, -0.2) is 17.0 Å². The first-order valence-corrected chi connectivity index (χ1v) is 8.86. The van der Waals surface area contributed by atoms with Crippen molar-refractivity contribution in [3.63, 3.8) is 0 Å². The SMILES string of the molecule is Cc1nc2c(s1)CC(C(=O)Nc1ccccc1OC(C)C)CC2. The molecular formula is C18H22N2O2S. The summed E-state index contributed by atoms with van der Waals surface area (Å²) in [5.74, 6) is 0.803. The minimum atomic E-state index is 0.00876. The maximum absolute atomic E-state index is 12.6. The highest BCUT2D eigenvalue weighted by Gasteiger charge is 2.27. The largest absolute Gasteiger partial charge is 0.489 e. The standard InChI is InChI=1S/C18H22N2O2S/c1-11(2)22-16-7-5-4-6-14(16)20-18(21)13-8-9-15-17(10-13)23-12(3)19-15/h4-7,11,13H,8-10H2,1-3H3,(H,20,21). The second kappa shape index (κ2) is 6.71. The third-order valence-corrected chi connectivity index (χ3v) is 4.96. The molecule has 1 amide bonds. The number of benzene rings is 1. The lowest BCUT2D eigenvalue weighted by Crippen LogP contribution is -2.28. The van der Waals surface area contributed by atoms with Crippen molar-refractivity contribution >= 4 is 22.9 Å². The van der Waals surface area contributed by atoms with E-state index in [0.717, 1.165) is 35.7 Å². The van der Waals surface area contributed by atoms with Gasteiger partial charge in [0.05, 0.1) is 22.5 Å². The number of para-hydroxylation sites is 2. The first-order valence-electron chi connectivity index (χ1n) is 8.04. The van der Waals surface area contributed by atoms with Crippen LogP contribution in [0.15, 0.2) is 24.3 Å². The summed E-state index contributed by atoms with van der Waals surface area (Å²) < 4.78 is 5.77. The van der Waals surface area contributed by atoms with Gasteiger partial charge < -0.3 is 10.1 Å². The van der Waals surface area contributed by atoms with Crippen LogP contribution >= 0.6 is 11.3 Å². The number of carbonyl (C=O) groups is 1. The van der Waals surface area contributed by atoms with E-state index in [9.17, 15) is 4.79 Å². The molecule has 23 heavy (non-hydrogen) atoms. The predicted molar refractivity (Wildman–Crippen MR) is 93.2 cm³/mol. The Kier molecular flexibility index (Phi) is 4.66. The van der Waals surface area contributed by atoms with E-state index in [1.54, 1.807) is 11.3 Å².